The van der Waals surface area contributed by atoms with Crippen molar-refractivity contribution in [1.82, 2.24) is 5.32 Å². The first kappa shape index (κ1) is 24.9. The van der Waals surface area contributed by atoms with Crippen LogP contribution in [0, 0.1) is 13.8 Å². The molecule has 0 radical (unpaired) electrons. The Balaban J connectivity index is 1.39. The highest BCUT2D eigenvalue weighted by Crippen LogP contribution is 2.34. The van der Waals surface area contributed by atoms with E-state index in [4.69, 9.17) is 18.9 Å². The fourth-order valence-corrected chi connectivity index (χ4v) is 4.12. The van der Waals surface area contributed by atoms with Gasteiger partial charge in [-0.1, -0.05) is 18.2 Å². The van der Waals surface area contributed by atoms with Gasteiger partial charge in [-0.25, -0.2) is 9.69 Å². The summed E-state index contributed by atoms with van der Waals surface area (Å²) >= 11 is 0. The lowest BCUT2D eigenvalue weighted by Gasteiger charge is -2.27. The molecule has 0 unspecified atom stereocenters. The smallest absolute Gasteiger partial charge is 0.335 e. The van der Waals surface area contributed by atoms with Crippen LogP contribution in [-0.4, -0.2) is 31.2 Å². The maximum Gasteiger partial charge on any atom is 0.335 e. The van der Waals surface area contributed by atoms with Crippen LogP contribution in [0.4, 0.5) is 10.5 Å². The molecule has 1 saturated heterocycles. The number of anilines is 1. The van der Waals surface area contributed by atoms with Gasteiger partial charge in [0.1, 0.15) is 12.2 Å². The Morgan fingerprint density at radius 3 is 2.50 bits per heavy atom. The van der Waals surface area contributed by atoms with Gasteiger partial charge < -0.3 is 18.9 Å². The topological polar surface area (TPSA) is 103 Å². The lowest BCUT2D eigenvalue weighted by Crippen LogP contribution is -2.54. The Morgan fingerprint density at radius 2 is 1.71 bits per heavy atom. The van der Waals surface area contributed by atoms with E-state index >= 15 is 0 Å². The molecule has 0 saturated carbocycles. The van der Waals surface area contributed by atoms with Crippen LogP contribution in [0.15, 0.2) is 60.2 Å². The summed E-state index contributed by atoms with van der Waals surface area (Å²) in [6.45, 7) is 6.52. The van der Waals surface area contributed by atoms with Crippen molar-refractivity contribution >= 4 is 29.6 Å². The molecule has 0 atom stereocenters. The number of rotatable bonds is 7. The van der Waals surface area contributed by atoms with Crippen molar-refractivity contribution in [3.8, 4) is 23.0 Å². The van der Waals surface area contributed by atoms with Crippen LogP contribution in [0.2, 0.25) is 0 Å². The monoisotopic (exact) mass is 514 g/mol. The standard InChI is InChI=1S/C29H26N2O7/c1-4-35-25-13-19(6-9-23(25)36-15-20-7-10-24-26(14-20)38-16-37-24)12-22-27(32)30-29(34)31(28(22)33)21-8-5-17(2)18(3)11-21/h5-14H,4,15-16H2,1-3H3,(H,30,32,34)/b22-12+. The first-order valence-corrected chi connectivity index (χ1v) is 12.1. The summed E-state index contributed by atoms with van der Waals surface area (Å²) < 4.78 is 22.5. The molecule has 4 amide bonds. The normalized spacial score (nSPS) is 15.6. The summed E-state index contributed by atoms with van der Waals surface area (Å²) in [4.78, 5) is 39.4. The van der Waals surface area contributed by atoms with E-state index in [1.54, 1.807) is 30.3 Å². The van der Waals surface area contributed by atoms with Crippen molar-refractivity contribution in [3.63, 3.8) is 0 Å². The Kier molecular flexibility index (Phi) is 6.74. The van der Waals surface area contributed by atoms with Crippen molar-refractivity contribution in [2.45, 2.75) is 27.4 Å². The van der Waals surface area contributed by atoms with Crippen LogP contribution in [0.3, 0.4) is 0 Å². The molecule has 0 bridgehead atoms. The molecule has 2 aliphatic heterocycles. The lowest BCUT2D eigenvalue weighted by molar-refractivity contribution is -0.122. The van der Waals surface area contributed by atoms with Gasteiger partial charge in [0.25, 0.3) is 11.8 Å². The molecule has 194 valence electrons. The van der Waals surface area contributed by atoms with Gasteiger partial charge >= 0.3 is 6.03 Å². The SMILES string of the molecule is CCOc1cc(/C=C2\C(=O)NC(=O)N(c3ccc(C)c(C)c3)C2=O)ccc1OCc1ccc2c(c1)OCO2. The van der Waals surface area contributed by atoms with Gasteiger partial charge in [0.2, 0.25) is 6.79 Å². The van der Waals surface area contributed by atoms with Crippen LogP contribution < -0.4 is 29.2 Å². The summed E-state index contributed by atoms with van der Waals surface area (Å²) in [5, 5.41) is 2.25. The molecule has 3 aromatic carbocycles. The quantitative estimate of drug-likeness (QED) is 0.361. The largest absolute Gasteiger partial charge is 0.490 e. The molecule has 0 aliphatic carbocycles. The van der Waals surface area contributed by atoms with Crippen molar-refractivity contribution in [3.05, 3.63) is 82.4 Å². The van der Waals surface area contributed by atoms with E-state index in [1.807, 2.05) is 45.0 Å². The fraction of sp³-hybridized carbons (Fsp3) is 0.207. The predicted octanol–water partition coefficient (Wildman–Crippen LogP) is 4.68. The number of ether oxygens (including phenoxy) is 4. The number of nitrogens with one attached hydrogen (secondary N) is 1. The number of barbiturate groups is 1. The Hall–Kier alpha value is -4.79. The number of carbonyl (C=O) groups is 3. The molecule has 2 heterocycles. The number of hydrogen-bond acceptors (Lipinski definition) is 7. The van der Waals surface area contributed by atoms with Gasteiger partial charge in [0.05, 0.1) is 12.3 Å². The molecule has 9 heteroatoms. The number of nitrogens with zero attached hydrogens (tertiary/aromatic N) is 1. The summed E-state index contributed by atoms with van der Waals surface area (Å²) in [7, 11) is 0. The molecule has 9 nitrogen and oxygen atoms in total. The first-order chi connectivity index (χ1) is 18.3. The first-order valence-electron chi connectivity index (χ1n) is 12.1. The molecule has 1 N–H and O–H groups in total. The molecule has 38 heavy (non-hydrogen) atoms. The number of amides is 4. The zero-order chi connectivity index (χ0) is 26.8. The summed E-state index contributed by atoms with van der Waals surface area (Å²) in [6, 6.07) is 15.1. The highest BCUT2D eigenvalue weighted by molar-refractivity contribution is 6.39. The van der Waals surface area contributed by atoms with Gasteiger partial charge in [-0.05, 0) is 85.5 Å². The number of benzene rings is 3. The van der Waals surface area contributed by atoms with E-state index in [1.165, 1.54) is 6.08 Å². The fourth-order valence-electron chi connectivity index (χ4n) is 4.12. The minimum absolute atomic E-state index is 0.167. The zero-order valence-electron chi connectivity index (χ0n) is 21.2. The van der Waals surface area contributed by atoms with E-state index in [2.05, 4.69) is 5.32 Å². The molecular weight excluding hydrogens is 488 g/mol. The molecular formula is C29H26N2O7. The van der Waals surface area contributed by atoms with Crippen molar-refractivity contribution < 1.29 is 33.3 Å². The van der Waals surface area contributed by atoms with Crippen LogP contribution in [0.5, 0.6) is 23.0 Å². The maximum absolute atomic E-state index is 13.3. The third-order valence-corrected chi connectivity index (χ3v) is 6.26. The second-order valence-corrected chi connectivity index (χ2v) is 8.84. The number of urea groups is 1. The summed E-state index contributed by atoms with van der Waals surface area (Å²) in [5.74, 6) is 0.845. The summed E-state index contributed by atoms with van der Waals surface area (Å²) in [5.41, 5.74) is 3.59. The second kappa shape index (κ2) is 10.3. The zero-order valence-corrected chi connectivity index (χ0v) is 21.2. The van der Waals surface area contributed by atoms with Gasteiger partial charge in [-0.15, -0.1) is 0 Å². The lowest BCUT2D eigenvalue weighted by atomic mass is 10.0. The van der Waals surface area contributed by atoms with Gasteiger partial charge in [-0.3, -0.25) is 14.9 Å². The van der Waals surface area contributed by atoms with Gasteiger partial charge in [0, 0.05) is 0 Å². The Bertz CT molecular complexity index is 1480. The third kappa shape index (κ3) is 4.90. The molecule has 0 aromatic heterocycles. The van der Waals surface area contributed by atoms with Gasteiger partial charge in [-0.2, -0.15) is 0 Å². The average Bonchev–Trinajstić information content (AvgIpc) is 3.36. The average molecular weight is 515 g/mol. The van der Waals surface area contributed by atoms with E-state index in [-0.39, 0.29) is 19.0 Å². The van der Waals surface area contributed by atoms with Crippen LogP contribution in [0.25, 0.3) is 6.08 Å². The Morgan fingerprint density at radius 1 is 0.895 bits per heavy atom. The third-order valence-electron chi connectivity index (χ3n) is 6.26. The molecule has 3 aromatic rings. The number of imide groups is 2. The molecule has 2 aliphatic rings. The minimum atomic E-state index is -0.789. The van der Waals surface area contributed by atoms with E-state index in [0.717, 1.165) is 21.6 Å². The number of carbonyl (C=O) groups excluding carboxylic acids is 3. The number of aryl methyl sites for hydroxylation is 2. The summed E-state index contributed by atoms with van der Waals surface area (Å²) in [6.07, 6.45) is 1.43. The molecule has 0 spiro atoms. The van der Waals surface area contributed by atoms with Crippen molar-refractivity contribution in [2.75, 3.05) is 18.3 Å². The van der Waals surface area contributed by atoms with E-state index in [0.29, 0.717) is 40.9 Å². The maximum atomic E-state index is 13.3. The van der Waals surface area contributed by atoms with Gasteiger partial charge in [0.15, 0.2) is 23.0 Å². The van der Waals surface area contributed by atoms with E-state index < -0.39 is 17.8 Å². The van der Waals surface area contributed by atoms with Crippen LogP contribution in [0.1, 0.15) is 29.2 Å². The predicted molar refractivity (Wildman–Crippen MR) is 139 cm³/mol. The minimum Gasteiger partial charge on any atom is -0.490 e. The Labute approximate surface area is 219 Å². The number of hydrogen-bond donors (Lipinski definition) is 1. The molecule has 1 fully saturated rings. The second-order valence-electron chi connectivity index (χ2n) is 8.84. The van der Waals surface area contributed by atoms with Crippen molar-refractivity contribution in [2.24, 2.45) is 0 Å². The van der Waals surface area contributed by atoms with Crippen molar-refractivity contribution in [1.29, 1.82) is 0 Å². The van der Waals surface area contributed by atoms with Crippen LogP contribution in [-0.2, 0) is 16.2 Å². The number of fused-ring (bicyclic) bond motifs is 1. The van der Waals surface area contributed by atoms with Crippen LogP contribution >= 0.6 is 0 Å². The highest BCUT2D eigenvalue weighted by Gasteiger charge is 2.37. The van der Waals surface area contributed by atoms with E-state index in [9.17, 15) is 14.4 Å². The highest BCUT2D eigenvalue weighted by atomic mass is 16.7. The molecule has 5 rings (SSSR count).